The third kappa shape index (κ3) is 5.28. The number of hydrogen-bond acceptors (Lipinski definition) is 3. The van der Waals surface area contributed by atoms with Gasteiger partial charge >= 0.3 is 0 Å². The van der Waals surface area contributed by atoms with Crippen LogP contribution < -0.4 is 9.64 Å². The highest BCUT2D eigenvalue weighted by atomic mass is 16.5. The summed E-state index contributed by atoms with van der Waals surface area (Å²) in [5, 5.41) is 0. The van der Waals surface area contributed by atoms with Gasteiger partial charge in [-0.05, 0) is 41.8 Å². The van der Waals surface area contributed by atoms with E-state index >= 15 is 0 Å². The number of carbonyl (C=O) groups excluding carboxylic acids is 1. The molecule has 182 valence electrons. The van der Waals surface area contributed by atoms with Crippen molar-refractivity contribution >= 4 is 11.6 Å². The van der Waals surface area contributed by atoms with Crippen molar-refractivity contribution in [2.24, 2.45) is 0 Å². The molecule has 1 aliphatic heterocycles. The van der Waals surface area contributed by atoms with Gasteiger partial charge in [0.15, 0.2) is 0 Å². The summed E-state index contributed by atoms with van der Waals surface area (Å²) in [5.41, 5.74) is 4.42. The van der Waals surface area contributed by atoms with Gasteiger partial charge in [-0.25, -0.2) is 0 Å². The van der Waals surface area contributed by atoms with E-state index in [0.29, 0.717) is 6.54 Å². The first-order valence-electron chi connectivity index (χ1n) is 12.6. The normalized spacial score (nSPS) is 15.7. The van der Waals surface area contributed by atoms with Crippen LogP contribution in [0.3, 0.4) is 0 Å². The zero-order valence-corrected chi connectivity index (χ0v) is 20.7. The molecule has 1 heterocycles. The maximum atomic E-state index is 13.7. The number of amides is 1. The molecule has 4 aromatic carbocycles. The van der Waals surface area contributed by atoms with Gasteiger partial charge in [0.2, 0.25) is 0 Å². The minimum absolute atomic E-state index is 0.0445. The van der Waals surface area contributed by atoms with Gasteiger partial charge < -0.3 is 14.5 Å². The van der Waals surface area contributed by atoms with Crippen LogP contribution >= 0.6 is 0 Å². The highest BCUT2D eigenvalue weighted by Crippen LogP contribution is 2.33. The number of nitrogens with zero attached hydrogens (tertiary/aromatic N) is 2. The van der Waals surface area contributed by atoms with Crippen LogP contribution in [0.25, 0.3) is 0 Å². The molecule has 4 nitrogen and oxygen atoms in total. The van der Waals surface area contributed by atoms with Gasteiger partial charge in [-0.3, -0.25) is 4.79 Å². The maximum absolute atomic E-state index is 13.7. The van der Waals surface area contributed by atoms with Crippen molar-refractivity contribution in [1.29, 1.82) is 0 Å². The molecule has 0 saturated carbocycles. The predicted octanol–water partition coefficient (Wildman–Crippen LogP) is 6.25. The lowest BCUT2D eigenvalue weighted by Crippen LogP contribution is -2.55. The molecule has 1 aliphatic rings. The summed E-state index contributed by atoms with van der Waals surface area (Å²) < 4.78 is 5.48. The maximum Gasteiger partial charge on any atom is 0.254 e. The first kappa shape index (κ1) is 23.7. The fraction of sp³-hybridized carbons (Fsp3) is 0.219. The third-order valence-corrected chi connectivity index (χ3v) is 7.09. The summed E-state index contributed by atoms with van der Waals surface area (Å²) in [6, 6.07) is 39.2. The molecule has 1 amide bonds. The van der Waals surface area contributed by atoms with Crippen molar-refractivity contribution in [2.45, 2.75) is 18.4 Å². The molecule has 0 spiro atoms. The summed E-state index contributed by atoms with van der Waals surface area (Å²) in [4.78, 5) is 18.2. The second-order valence-electron chi connectivity index (χ2n) is 9.28. The molecule has 1 unspecified atom stereocenters. The van der Waals surface area contributed by atoms with Crippen LogP contribution in [0.4, 0.5) is 5.69 Å². The Hall–Kier alpha value is -4.05. The van der Waals surface area contributed by atoms with Gasteiger partial charge in [0, 0.05) is 42.9 Å². The lowest BCUT2D eigenvalue weighted by atomic mass is 9.84. The summed E-state index contributed by atoms with van der Waals surface area (Å²) in [6.45, 7) is 2.22. The summed E-state index contributed by atoms with van der Waals surface area (Å²) in [5.74, 6) is 1.14. The van der Waals surface area contributed by atoms with E-state index < -0.39 is 0 Å². The zero-order valence-electron chi connectivity index (χ0n) is 20.7. The van der Waals surface area contributed by atoms with Crippen molar-refractivity contribution in [3.05, 3.63) is 132 Å². The van der Waals surface area contributed by atoms with E-state index in [4.69, 9.17) is 4.74 Å². The number of methoxy groups -OCH3 is 1. The monoisotopic (exact) mass is 476 g/mol. The van der Waals surface area contributed by atoms with Crippen LogP contribution in [0.5, 0.6) is 5.75 Å². The second-order valence-corrected chi connectivity index (χ2v) is 9.28. The Bertz CT molecular complexity index is 1220. The smallest absolute Gasteiger partial charge is 0.254 e. The molecule has 4 heteroatoms. The van der Waals surface area contributed by atoms with Crippen LogP contribution in [0, 0.1) is 0 Å². The number of carbonyl (C=O) groups is 1. The Kier molecular flexibility index (Phi) is 7.32. The predicted molar refractivity (Wildman–Crippen MR) is 146 cm³/mol. The third-order valence-electron chi connectivity index (χ3n) is 7.09. The molecular weight excluding hydrogens is 444 g/mol. The zero-order chi connectivity index (χ0) is 24.7. The first-order valence-corrected chi connectivity index (χ1v) is 12.6. The fourth-order valence-corrected chi connectivity index (χ4v) is 5.22. The highest BCUT2D eigenvalue weighted by Gasteiger charge is 2.33. The van der Waals surface area contributed by atoms with Crippen molar-refractivity contribution < 1.29 is 9.53 Å². The fourth-order valence-electron chi connectivity index (χ4n) is 5.22. The quantitative estimate of drug-likeness (QED) is 0.316. The molecular formula is C32H32N2O2. The largest absolute Gasteiger partial charge is 0.497 e. The number of ether oxygens (including phenoxy) is 1. The van der Waals surface area contributed by atoms with Crippen molar-refractivity contribution in [3.63, 3.8) is 0 Å². The minimum atomic E-state index is 0.0445. The topological polar surface area (TPSA) is 32.8 Å². The minimum Gasteiger partial charge on any atom is -0.497 e. The number of rotatable bonds is 7. The molecule has 0 aromatic heterocycles. The van der Waals surface area contributed by atoms with Gasteiger partial charge in [0.05, 0.1) is 13.2 Å². The SMILES string of the molecule is COc1cccc(N2CCN(C(=O)c3ccccc3)C(CC(c3ccccc3)c3ccccc3)C2)c1. The van der Waals surface area contributed by atoms with Crippen LogP contribution in [-0.4, -0.2) is 43.6 Å². The highest BCUT2D eigenvalue weighted by molar-refractivity contribution is 5.94. The van der Waals surface area contributed by atoms with Crippen molar-refractivity contribution in [2.75, 3.05) is 31.6 Å². The van der Waals surface area contributed by atoms with Crippen LogP contribution in [-0.2, 0) is 0 Å². The van der Waals surface area contributed by atoms with E-state index in [9.17, 15) is 4.79 Å². The van der Waals surface area contributed by atoms with E-state index in [1.807, 2.05) is 42.5 Å². The van der Waals surface area contributed by atoms with Gasteiger partial charge in [-0.2, -0.15) is 0 Å². The first-order chi connectivity index (χ1) is 17.7. The number of hydrogen-bond donors (Lipinski definition) is 0. The van der Waals surface area contributed by atoms with E-state index in [1.165, 1.54) is 11.1 Å². The standard InChI is InChI=1S/C32H32N2O2/c1-36-30-19-11-18-28(22-30)33-20-21-34(32(35)27-16-9-4-10-17-27)29(24-33)23-31(25-12-5-2-6-13-25)26-14-7-3-8-15-26/h2-19,22,29,31H,20-21,23-24H2,1H3. The van der Waals surface area contributed by atoms with Gasteiger partial charge in [0.25, 0.3) is 5.91 Å². The van der Waals surface area contributed by atoms with Gasteiger partial charge in [0.1, 0.15) is 5.75 Å². The number of benzene rings is 4. The molecule has 0 aliphatic carbocycles. The average Bonchev–Trinajstić information content (AvgIpc) is 2.97. The van der Waals surface area contributed by atoms with Crippen LogP contribution in [0.2, 0.25) is 0 Å². The molecule has 36 heavy (non-hydrogen) atoms. The molecule has 5 rings (SSSR count). The van der Waals surface area contributed by atoms with E-state index in [2.05, 4.69) is 82.6 Å². The molecule has 1 saturated heterocycles. The lowest BCUT2D eigenvalue weighted by Gasteiger charge is -2.44. The Morgan fingerprint density at radius 1 is 0.806 bits per heavy atom. The van der Waals surface area contributed by atoms with Gasteiger partial charge in [-0.1, -0.05) is 84.9 Å². The molecule has 1 atom stereocenters. The molecule has 0 N–H and O–H groups in total. The Labute approximate surface area is 213 Å². The Morgan fingerprint density at radius 2 is 1.42 bits per heavy atom. The molecule has 0 radical (unpaired) electrons. The number of anilines is 1. The molecule has 0 bridgehead atoms. The molecule has 4 aromatic rings. The Balaban J connectivity index is 1.49. The van der Waals surface area contributed by atoms with E-state index in [0.717, 1.165) is 36.5 Å². The average molecular weight is 477 g/mol. The summed E-state index contributed by atoms with van der Waals surface area (Å²) >= 11 is 0. The number of piperazine rings is 1. The lowest BCUT2D eigenvalue weighted by molar-refractivity contribution is 0.0642. The van der Waals surface area contributed by atoms with E-state index in [-0.39, 0.29) is 17.9 Å². The Morgan fingerprint density at radius 3 is 2.03 bits per heavy atom. The summed E-state index contributed by atoms with van der Waals surface area (Å²) in [7, 11) is 1.70. The van der Waals surface area contributed by atoms with E-state index in [1.54, 1.807) is 7.11 Å². The molecule has 1 fully saturated rings. The summed E-state index contributed by atoms with van der Waals surface area (Å²) in [6.07, 6.45) is 0.840. The van der Waals surface area contributed by atoms with Crippen LogP contribution in [0.15, 0.2) is 115 Å². The van der Waals surface area contributed by atoms with Crippen molar-refractivity contribution in [3.8, 4) is 5.75 Å². The van der Waals surface area contributed by atoms with Crippen molar-refractivity contribution in [1.82, 2.24) is 4.90 Å². The van der Waals surface area contributed by atoms with Crippen LogP contribution in [0.1, 0.15) is 33.8 Å². The second kappa shape index (κ2) is 11.1. The van der Waals surface area contributed by atoms with Gasteiger partial charge in [-0.15, -0.1) is 0 Å².